The predicted octanol–water partition coefficient (Wildman–Crippen LogP) is 2.95. The first-order valence-corrected chi connectivity index (χ1v) is 9.20. The number of hydrogen-bond donors (Lipinski definition) is 0. The highest BCUT2D eigenvalue weighted by Crippen LogP contribution is 2.29. The predicted molar refractivity (Wildman–Crippen MR) is 105 cm³/mol. The van der Waals surface area contributed by atoms with Gasteiger partial charge in [0.1, 0.15) is 22.6 Å². The summed E-state index contributed by atoms with van der Waals surface area (Å²) in [5.41, 5.74) is -0.887. The number of hydrogen-bond acceptors (Lipinski definition) is 5. The largest absolute Gasteiger partial charge is 0.495 e. The minimum absolute atomic E-state index is 0.104. The number of ether oxygens (including phenoxy) is 1. The molecule has 0 unspecified atom stereocenters. The average molecular weight is 427 g/mol. The summed E-state index contributed by atoms with van der Waals surface area (Å²) in [4.78, 5) is 13.1. The molecule has 0 aliphatic carbocycles. The summed E-state index contributed by atoms with van der Waals surface area (Å²) in [6.07, 6.45) is -3.05. The highest BCUT2D eigenvalue weighted by molar-refractivity contribution is 7.07. The topological polar surface area (TPSA) is 78.8 Å². The average Bonchev–Trinajstić information content (AvgIpc) is 3.04. The molecule has 0 aliphatic heterocycles. The molecule has 3 rings (SSSR count). The fourth-order valence-corrected chi connectivity index (χ4v) is 3.77. The molecule has 5 nitrogen and oxygen atoms in total. The molecule has 0 atom stereocenters. The third-order valence-corrected chi connectivity index (χ3v) is 5.22. The van der Waals surface area contributed by atoms with Crippen LogP contribution in [-0.4, -0.2) is 11.7 Å². The van der Waals surface area contributed by atoms with Crippen molar-refractivity contribution in [3.05, 3.63) is 79.2 Å². The van der Waals surface area contributed by atoms with E-state index in [1.54, 1.807) is 36.4 Å². The van der Waals surface area contributed by atoms with E-state index < -0.39 is 17.3 Å². The van der Waals surface area contributed by atoms with Crippen LogP contribution in [0.25, 0.3) is 17.3 Å². The van der Waals surface area contributed by atoms with Crippen LogP contribution in [0.1, 0.15) is 11.1 Å². The van der Waals surface area contributed by atoms with Gasteiger partial charge >= 0.3 is 6.18 Å². The number of thiazole rings is 1. The quantitative estimate of drug-likeness (QED) is 0.644. The molecule has 1 aromatic heterocycles. The van der Waals surface area contributed by atoms with E-state index in [0.29, 0.717) is 17.0 Å². The fourth-order valence-electron chi connectivity index (χ4n) is 2.72. The van der Waals surface area contributed by atoms with E-state index in [4.69, 9.17) is 4.74 Å². The van der Waals surface area contributed by atoms with Crippen LogP contribution in [-0.2, 0) is 6.18 Å². The van der Waals surface area contributed by atoms with Gasteiger partial charge in [0.15, 0.2) is 5.57 Å². The first kappa shape index (κ1) is 20.9. The summed E-state index contributed by atoms with van der Waals surface area (Å²) in [7, 11) is 1.42. The highest BCUT2D eigenvalue weighted by atomic mass is 32.1. The molecule has 0 aliphatic rings. The molecule has 0 saturated carbocycles. The van der Waals surface area contributed by atoms with Crippen molar-refractivity contribution in [3.8, 4) is 23.6 Å². The Morgan fingerprint density at radius 1 is 1.10 bits per heavy atom. The molecule has 0 amide bonds. The number of alkyl halides is 3. The maximum absolute atomic E-state index is 13.1. The second-order valence-electron chi connectivity index (χ2n) is 5.95. The van der Waals surface area contributed by atoms with E-state index in [0.717, 1.165) is 23.5 Å². The number of para-hydroxylation sites is 2. The van der Waals surface area contributed by atoms with Gasteiger partial charge in [-0.25, -0.2) is 0 Å². The Hall–Kier alpha value is -3.82. The number of aromatic nitrogens is 1. The van der Waals surface area contributed by atoms with Crippen LogP contribution in [0.5, 0.6) is 5.75 Å². The van der Waals surface area contributed by atoms with Crippen molar-refractivity contribution >= 4 is 23.0 Å². The molecule has 150 valence electrons. The monoisotopic (exact) mass is 427 g/mol. The maximum Gasteiger partial charge on any atom is 0.416 e. The lowest BCUT2D eigenvalue weighted by Gasteiger charge is -2.08. The zero-order valence-corrected chi connectivity index (χ0v) is 16.2. The van der Waals surface area contributed by atoms with Gasteiger partial charge in [-0.15, -0.1) is 11.3 Å². The van der Waals surface area contributed by atoms with Crippen LogP contribution in [0.4, 0.5) is 13.2 Å². The smallest absolute Gasteiger partial charge is 0.416 e. The number of rotatable bonds is 3. The van der Waals surface area contributed by atoms with Crippen LogP contribution >= 0.6 is 11.3 Å². The van der Waals surface area contributed by atoms with Crippen molar-refractivity contribution in [2.75, 3.05) is 7.11 Å². The lowest BCUT2D eigenvalue weighted by molar-refractivity contribution is -0.137. The minimum atomic E-state index is -4.46. The summed E-state index contributed by atoms with van der Waals surface area (Å²) >= 11 is 0.897. The molecular formula is C21H12F3N3O2S. The lowest BCUT2D eigenvalue weighted by atomic mass is 10.1. The van der Waals surface area contributed by atoms with Crippen molar-refractivity contribution in [2.24, 2.45) is 0 Å². The van der Waals surface area contributed by atoms with Gasteiger partial charge in [0, 0.05) is 0 Å². The first-order chi connectivity index (χ1) is 14.3. The van der Waals surface area contributed by atoms with Gasteiger partial charge in [-0.3, -0.25) is 9.36 Å². The van der Waals surface area contributed by atoms with Crippen molar-refractivity contribution < 1.29 is 17.9 Å². The van der Waals surface area contributed by atoms with E-state index in [1.165, 1.54) is 29.9 Å². The van der Waals surface area contributed by atoms with Gasteiger partial charge in [0.2, 0.25) is 0 Å². The Bertz CT molecular complexity index is 1340. The standard InChI is InChI=1S/C21H12F3N3O2S/c1-29-17-5-3-2-4-16(17)27-19(28)18(30-20(27)14(11-25)12-26)10-13-6-8-15(9-7-13)21(22,23)24/h2-10H,1H3/b18-10+. The molecule has 0 saturated heterocycles. The zero-order chi connectivity index (χ0) is 21.9. The third kappa shape index (κ3) is 3.97. The molecule has 1 heterocycles. The van der Waals surface area contributed by atoms with Crippen LogP contribution < -0.4 is 19.5 Å². The molecule has 9 heteroatoms. The maximum atomic E-state index is 13.1. The molecule has 0 radical (unpaired) electrons. The van der Waals surface area contributed by atoms with Crippen LogP contribution in [0.15, 0.2) is 53.3 Å². The van der Waals surface area contributed by atoms with Gasteiger partial charge in [-0.1, -0.05) is 24.3 Å². The Morgan fingerprint density at radius 3 is 2.30 bits per heavy atom. The third-order valence-electron chi connectivity index (χ3n) is 4.12. The van der Waals surface area contributed by atoms with E-state index in [1.807, 2.05) is 0 Å². The second-order valence-corrected chi connectivity index (χ2v) is 6.98. The Morgan fingerprint density at radius 2 is 1.73 bits per heavy atom. The Labute approximate surface area is 172 Å². The van der Waals surface area contributed by atoms with Crippen molar-refractivity contribution in [2.45, 2.75) is 6.18 Å². The van der Waals surface area contributed by atoms with Gasteiger partial charge in [-0.2, -0.15) is 23.7 Å². The van der Waals surface area contributed by atoms with Crippen LogP contribution in [0.3, 0.4) is 0 Å². The van der Waals surface area contributed by atoms with Crippen molar-refractivity contribution in [1.29, 1.82) is 10.5 Å². The summed E-state index contributed by atoms with van der Waals surface area (Å²) in [6, 6.07) is 14.5. The number of benzene rings is 2. The molecule has 3 aromatic rings. The lowest BCUT2D eigenvalue weighted by Crippen LogP contribution is -2.31. The van der Waals surface area contributed by atoms with Crippen LogP contribution in [0, 0.1) is 22.7 Å². The van der Waals surface area contributed by atoms with Crippen molar-refractivity contribution in [3.63, 3.8) is 0 Å². The molecule has 0 N–H and O–H groups in total. The number of nitrogens with zero attached hydrogens (tertiary/aromatic N) is 3. The fraction of sp³-hybridized carbons (Fsp3) is 0.0952. The SMILES string of the molecule is COc1ccccc1-n1c(=C(C#N)C#N)s/c(=C/c2ccc(C(F)(F)F)cc2)c1=O. The first-order valence-electron chi connectivity index (χ1n) is 8.39. The molecular weight excluding hydrogens is 415 g/mol. The molecule has 0 spiro atoms. The van der Waals surface area contributed by atoms with E-state index in [9.17, 15) is 28.5 Å². The van der Waals surface area contributed by atoms with E-state index in [-0.39, 0.29) is 14.8 Å². The molecule has 0 fully saturated rings. The Kier molecular flexibility index (Phi) is 5.77. The summed E-state index contributed by atoms with van der Waals surface area (Å²) in [6.45, 7) is 0. The Balaban J connectivity index is 2.31. The van der Waals surface area contributed by atoms with Gasteiger partial charge in [0.05, 0.1) is 22.9 Å². The van der Waals surface area contributed by atoms with Gasteiger partial charge in [0.25, 0.3) is 5.56 Å². The molecule has 30 heavy (non-hydrogen) atoms. The highest BCUT2D eigenvalue weighted by Gasteiger charge is 2.29. The van der Waals surface area contributed by atoms with Gasteiger partial charge in [-0.05, 0) is 35.9 Å². The molecule has 0 bridgehead atoms. The summed E-state index contributed by atoms with van der Waals surface area (Å²) < 4.78 is 45.0. The molecule has 2 aromatic carbocycles. The zero-order valence-electron chi connectivity index (χ0n) is 15.4. The minimum Gasteiger partial charge on any atom is -0.495 e. The van der Waals surface area contributed by atoms with E-state index >= 15 is 0 Å². The number of halogens is 3. The summed E-state index contributed by atoms with van der Waals surface area (Å²) in [5.74, 6) is 0.356. The number of methoxy groups -OCH3 is 1. The number of nitriles is 2. The van der Waals surface area contributed by atoms with E-state index in [2.05, 4.69) is 0 Å². The van der Waals surface area contributed by atoms with Crippen LogP contribution in [0.2, 0.25) is 0 Å². The van der Waals surface area contributed by atoms with Crippen molar-refractivity contribution in [1.82, 2.24) is 4.57 Å². The summed E-state index contributed by atoms with van der Waals surface area (Å²) in [5, 5.41) is 18.6. The van der Waals surface area contributed by atoms with Gasteiger partial charge < -0.3 is 4.74 Å². The normalized spacial score (nSPS) is 11.6. The second kappa shape index (κ2) is 8.27.